The predicted octanol–water partition coefficient (Wildman–Crippen LogP) is 4.55. The van der Waals surface area contributed by atoms with Crippen molar-refractivity contribution in [3.63, 3.8) is 0 Å². The summed E-state index contributed by atoms with van der Waals surface area (Å²) in [5, 5.41) is 1.32. The average molecular weight is 397 g/mol. The van der Waals surface area contributed by atoms with Crippen LogP contribution in [-0.4, -0.2) is 29.4 Å². The first-order chi connectivity index (χ1) is 13.5. The van der Waals surface area contributed by atoms with Crippen LogP contribution in [0, 0.1) is 11.2 Å². The number of aromatic nitrogens is 1. The standard InChI is InChI=1S/C22H18ClFN2O2/c23-16-3-1-15(2-4-16)22(10-21(11-22)12-26(13-21)14-27)28-20-7-8-25-19-6-5-17(24)9-18(19)20/h1-9,14H,10-13H2. The molecule has 0 bridgehead atoms. The summed E-state index contributed by atoms with van der Waals surface area (Å²) in [5.41, 5.74) is 1.29. The van der Waals surface area contributed by atoms with Crippen LogP contribution < -0.4 is 4.74 Å². The normalized spacial score (nSPS) is 19.1. The molecule has 1 aliphatic carbocycles. The number of amides is 1. The lowest BCUT2D eigenvalue weighted by molar-refractivity contribution is -0.182. The molecule has 2 aliphatic rings. The van der Waals surface area contributed by atoms with Gasteiger partial charge in [-0.2, -0.15) is 0 Å². The highest BCUT2D eigenvalue weighted by atomic mass is 35.5. The fraction of sp³-hybridized carbons (Fsp3) is 0.273. The van der Waals surface area contributed by atoms with Gasteiger partial charge in [-0.05, 0) is 42.0 Å². The third-order valence-electron chi connectivity index (χ3n) is 5.89. The minimum atomic E-state index is -0.528. The number of benzene rings is 2. The molecule has 0 atom stereocenters. The first-order valence-corrected chi connectivity index (χ1v) is 9.58. The Morgan fingerprint density at radius 1 is 1.11 bits per heavy atom. The van der Waals surface area contributed by atoms with Gasteiger partial charge >= 0.3 is 0 Å². The van der Waals surface area contributed by atoms with Crippen LogP contribution in [0.1, 0.15) is 18.4 Å². The molecule has 0 unspecified atom stereocenters. The van der Waals surface area contributed by atoms with E-state index in [0.29, 0.717) is 21.7 Å². The third kappa shape index (κ3) is 2.73. The number of carbonyl (C=O) groups excluding carboxylic acids is 1. The molecular weight excluding hydrogens is 379 g/mol. The van der Waals surface area contributed by atoms with Crippen molar-refractivity contribution in [2.45, 2.75) is 18.4 Å². The number of carbonyl (C=O) groups is 1. The highest BCUT2D eigenvalue weighted by molar-refractivity contribution is 6.30. The molecule has 1 saturated heterocycles. The SMILES string of the molecule is O=CN1CC2(C1)CC(Oc1ccnc3ccc(F)cc13)(c1ccc(Cl)cc1)C2. The minimum absolute atomic E-state index is 0.0919. The Hall–Kier alpha value is -2.66. The fourth-order valence-electron chi connectivity index (χ4n) is 4.75. The van der Waals surface area contributed by atoms with Crippen LogP contribution in [0.5, 0.6) is 5.75 Å². The van der Waals surface area contributed by atoms with E-state index in [9.17, 15) is 9.18 Å². The van der Waals surface area contributed by atoms with Gasteiger partial charge in [0.2, 0.25) is 6.41 Å². The van der Waals surface area contributed by atoms with Crippen molar-refractivity contribution in [2.24, 2.45) is 5.41 Å². The molecule has 142 valence electrons. The molecule has 1 saturated carbocycles. The Kier molecular flexibility index (Phi) is 3.85. The molecule has 2 aromatic carbocycles. The number of nitrogens with zero attached hydrogens (tertiary/aromatic N) is 2. The lowest BCUT2D eigenvalue weighted by atomic mass is 9.53. The van der Waals surface area contributed by atoms with Gasteiger partial charge in [-0.25, -0.2) is 4.39 Å². The molecule has 5 rings (SSSR count). The van der Waals surface area contributed by atoms with Crippen LogP contribution in [0.2, 0.25) is 5.02 Å². The highest BCUT2D eigenvalue weighted by Crippen LogP contribution is 2.60. The maximum atomic E-state index is 13.8. The number of ether oxygens (including phenoxy) is 1. The molecule has 1 aliphatic heterocycles. The monoisotopic (exact) mass is 396 g/mol. The minimum Gasteiger partial charge on any atom is -0.482 e. The maximum Gasteiger partial charge on any atom is 0.209 e. The number of hydrogen-bond acceptors (Lipinski definition) is 3. The summed E-state index contributed by atoms with van der Waals surface area (Å²) in [5.74, 6) is 0.289. The molecule has 0 N–H and O–H groups in total. The van der Waals surface area contributed by atoms with Gasteiger partial charge in [0.05, 0.1) is 5.52 Å². The summed E-state index contributed by atoms with van der Waals surface area (Å²) in [7, 11) is 0. The number of hydrogen-bond donors (Lipinski definition) is 0. The Morgan fingerprint density at radius 3 is 2.57 bits per heavy atom. The van der Waals surface area contributed by atoms with Gasteiger partial charge in [-0.3, -0.25) is 9.78 Å². The second-order valence-corrected chi connectivity index (χ2v) is 8.37. The van der Waals surface area contributed by atoms with Crippen LogP contribution in [0.15, 0.2) is 54.7 Å². The molecule has 1 amide bonds. The molecule has 28 heavy (non-hydrogen) atoms. The molecule has 6 heteroatoms. The quantitative estimate of drug-likeness (QED) is 0.607. The number of halogens is 2. The van der Waals surface area contributed by atoms with Gasteiger partial charge in [0.25, 0.3) is 0 Å². The topological polar surface area (TPSA) is 42.4 Å². The lowest BCUT2D eigenvalue weighted by Gasteiger charge is -2.63. The van der Waals surface area contributed by atoms with Gasteiger partial charge in [0.15, 0.2) is 0 Å². The Balaban J connectivity index is 1.53. The number of fused-ring (bicyclic) bond motifs is 1. The van der Waals surface area contributed by atoms with E-state index in [1.807, 2.05) is 24.3 Å². The van der Waals surface area contributed by atoms with Crippen molar-refractivity contribution in [2.75, 3.05) is 13.1 Å². The summed E-state index contributed by atoms with van der Waals surface area (Å²) in [6.45, 7) is 1.50. The molecule has 0 radical (unpaired) electrons. The summed E-state index contributed by atoms with van der Waals surface area (Å²) in [4.78, 5) is 17.1. The van der Waals surface area contributed by atoms with Crippen LogP contribution in [0.3, 0.4) is 0 Å². The highest BCUT2D eigenvalue weighted by Gasteiger charge is 2.62. The van der Waals surface area contributed by atoms with Gasteiger partial charge in [0.1, 0.15) is 17.2 Å². The summed E-state index contributed by atoms with van der Waals surface area (Å²) >= 11 is 6.07. The summed E-state index contributed by atoms with van der Waals surface area (Å²) in [6.07, 6.45) is 4.17. The zero-order chi connectivity index (χ0) is 19.4. The first-order valence-electron chi connectivity index (χ1n) is 9.20. The Labute approximate surface area is 166 Å². The maximum absolute atomic E-state index is 13.8. The van der Waals surface area contributed by atoms with Gasteiger partial charge < -0.3 is 9.64 Å². The number of likely N-dealkylation sites (tertiary alicyclic amines) is 1. The lowest BCUT2D eigenvalue weighted by Crippen LogP contribution is -2.67. The zero-order valence-electron chi connectivity index (χ0n) is 15.1. The van der Waals surface area contributed by atoms with Gasteiger partial charge in [-0.1, -0.05) is 23.7 Å². The van der Waals surface area contributed by atoms with Crippen LogP contribution in [0.4, 0.5) is 4.39 Å². The van der Waals surface area contributed by atoms with E-state index in [4.69, 9.17) is 16.3 Å². The van der Waals surface area contributed by atoms with E-state index in [-0.39, 0.29) is 11.2 Å². The van der Waals surface area contributed by atoms with E-state index in [1.54, 1.807) is 23.2 Å². The number of rotatable bonds is 4. The molecular formula is C22H18ClFN2O2. The molecule has 3 aromatic rings. The van der Waals surface area contributed by atoms with Crippen molar-refractivity contribution in [1.29, 1.82) is 0 Å². The van der Waals surface area contributed by atoms with Crippen molar-refractivity contribution >= 4 is 28.9 Å². The third-order valence-corrected chi connectivity index (χ3v) is 6.14. The second kappa shape index (κ2) is 6.17. The van der Waals surface area contributed by atoms with E-state index in [1.165, 1.54) is 12.1 Å². The van der Waals surface area contributed by atoms with E-state index < -0.39 is 5.60 Å². The van der Waals surface area contributed by atoms with Crippen LogP contribution in [0.25, 0.3) is 10.9 Å². The van der Waals surface area contributed by atoms with Crippen molar-refractivity contribution in [3.05, 3.63) is 71.1 Å². The fourth-order valence-corrected chi connectivity index (χ4v) is 4.88. The molecule has 1 spiro atoms. The van der Waals surface area contributed by atoms with E-state index in [0.717, 1.165) is 37.9 Å². The average Bonchev–Trinajstić information content (AvgIpc) is 2.63. The largest absolute Gasteiger partial charge is 0.482 e. The molecule has 4 nitrogen and oxygen atoms in total. The smallest absolute Gasteiger partial charge is 0.209 e. The van der Waals surface area contributed by atoms with Crippen molar-refractivity contribution < 1.29 is 13.9 Å². The predicted molar refractivity (Wildman–Crippen MR) is 105 cm³/mol. The van der Waals surface area contributed by atoms with E-state index >= 15 is 0 Å². The van der Waals surface area contributed by atoms with E-state index in [2.05, 4.69) is 4.98 Å². The molecule has 2 heterocycles. The van der Waals surface area contributed by atoms with Crippen LogP contribution in [-0.2, 0) is 10.4 Å². The van der Waals surface area contributed by atoms with Gasteiger partial charge in [0, 0.05) is 48.0 Å². The Bertz CT molecular complexity index is 1060. The summed E-state index contributed by atoms with van der Waals surface area (Å²) < 4.78 is 20.4. The second-order valence-electron chi connectivity index (χ2n) is 7.94. The first kappa shape index (κ1) is 17.4. The summed E-state index contributed by atoms with van der Waals surface area (Å²) in [6, 6.07) is 14.0. The van der Waals surface area contributed by atoms with Gasteiger partial charge in [-0.15, -0.1) is 0 Å². The van der Waals surface area contributed by atoms with Crippen molar-refractivity contribution in [3.8, 4) is 5.75 Å². The number of pyridine rings is 1. The van der Waals surface area contributed by atoms with Crippen LogP contribution >= 0.6 is 11.6 Å². The molecule has 2 fully saturated rings. The Morgan fingerprint density at radius 2 is 1.86 bits per heavy atom. The molecule has 1 aromatic heterocycles. The zero-order valence-corrected chi connectivity index (χ0v) is 15.8. The van der Waals surface area contributed by atoms with Crippen molar-refractivity contribution in [1.82, 2.24) is 9.88 Å².